The minimum absolute atomic E-state index is 0.0749. The third-order valence-electron chi connectivity index (χ3n) is 5.91. The van der Waals surface area contributed by atoms with Crippen molar-refractivity contribution >= 4 is 28.7 Å². The van der Waals surface area contributed by atoms with Crippen LogP contribution in [0, 0.1) is 5.92 Å². The molecular formula is C20H24N4O3. The van der Waals surface area contributed by atoms with Crippen LogP contribution in [0.4, 0.5) is 4.79 Å². The number of aryl methyl sites for hydroxylation is 1. The van der Waals surface area contributed by atoms with Gasteiger partial charge in [-0.05, 0) is 37.3 Å². The zero-order chi connectivity index (χ0) is 19.0. The first-order valence-electron chi connectivity index (χ1n) is 9.42. The van der Waals surface area contributed by atoms with Gasteiger partial charge in [-0.3, -0.25) is 14.9 Å². The highest BCUT2D eigenvalue weighted by molar-refractivity contribution is 6.07. The molecule has 2 aliphatic rings. The summed E-state index contributed by atoms with van der Waals surface area (Å²) < 4.78 is 2.10. The Labute approximate surface area is 157 Å². The van der Waals surface area contributed by atoms with E-state index in [1.807, 2.05) is 23.2 Å². The van der Waals surface area contributed by atoms with E-state index in [0.29, 0.717) is 26.1 Å². The zero-order valence-corrected chi connectivity index (χ0v) is 15.4. The molecule has 3 heterocycles. The van der Waals surface area contributed by atoms with Gasteiger partial charge in [-0.15, -0.1) is 0 Å². The van der Waals surface area contributed by atoms with Crippen LogP contribution in [0.5, 0.6) is 0 Å². The minimum Gasteiger partial charge on any atom is -0.347 e. The van der Waals surface area contributed by atoms with Gasteiger partial charge in [-0.25, -0.2) is 4.79 Å². The number of fused-ring (bicyclic) bond motifs is 1. The van der Waals surface area contributed by atoms with Crippen molar-refractivity contribution in [2.24, 2.45) is 5.92 Å². The molecule has 7 heteroatoms. The van der Waals surface area contributed by atoms with E-state index >= 15 is 0 Å². The SMILES string of the molecule is C[C@@]1([C@H]2CCCN(C(=O)CCn3ccc4ccccc43)C2)NC(=O)NC1=O. The number of hydrogen-bond acceptors (Lipinski definition) is 3. The molecule has 4 amide bonds. The van der Waals surface area contributed by atoms with Crippen molar-refractivity contribution in [3.05, 3.63) is 36.5 Å². The number of carbonyl (C=O) groups excluding carboxylic acids is 3. The number of amides is 4. The van der Waals surface area contributed by atoms with Gasteiger partial charge < -0.3 is 14.8 Å². The number of hydrogen-bond donors (Lipinski definition) is 2. The predicted molar refractivity (Wildman–Crippen MR) is 101 cm³/mol. The molecule has 7 nitrogen and oxygen atoms in total. The Bertz CT molecular complexity index is 906. The largest absolute Gasteiger partial charge is 0.347 e. The molecule has 0 radical (unpaired) electrons. The van der Waals surface area contributed by atoms with Crippen LogP contribution in [0.15, 0.2) is 36.5 Å². The summed E-state index contributed by atoms with van der Waals surface area (Å²) in [6.07, 6.45) is 4.08. The first-order chi connectivity index (χ1) is 13.0. The lowest BCUT2D eigenvalue weighted by Crippen LogP contribution is -2.56. The van der Waals surface area contributed by atoms with E-state index in [1.165, 1.54) is 5.39 Å². The van der Waals surface area contributed by atoms with Crippen molar-refractivity contribution in [2.45, 2.75) is 38.3 Å². The topological polar surface area (TPSA) is 83.4 Å². The summed E-state index contributed by atoms with van der Waals surface area (Å²) in [4.78, 5) is 38.3. The molecule has 0 saturated carbocycles. The highest BCUT2D eigenvalue weighted by Crippen LogP contribution is 2.30. The fourth-order valence-electron chi connectivity index (χ4n) is 4.23. The number of imide groups is 1. The van der Waals surface area contributed by atoms with Crippen LogP contribution in [-0.4, -0.2) is 45.9 Å². The smallest absolute Gasteiger partial charge is 0.322 e. The van der Waals surface area contributed by atoms with Gasteiger partial charge in [0, 0.05) is 43.7 Å². The maximum atomic E-state index is 12.8. The number of piperidine rings is 1. The van der Waals surface area contributed by atoms with Crippen LogP contribution >= 0.6 is 0 Å². The molecule has 0 bridgehead atoms. The van der Waals surface area contributed by atoms with E-state index in [9.17, 15) is 14.4 Å². The van der Waals surface area contributed by atoms with E-state index in [2.05, 4.69) is 33.4 Å². The van der Waals surface area contributed by atoms with E-state index < -0.39 is 11.6 Å². The lowest BCUT2D eigenvalue weighted by Gasteiger charge is -2.39. The molecule has 1 aromatic carbocycles. The number of urea groups is 1. The second kappa shape index (κ2) is 6.72. The van der Waals surface area contributed by atoms with Gasteiger partial charge in [0.2, 0.25) is 5.91 Å². The van der Waals surface area contributed by atoms with E-state index in [0.717, 1.165) is 18.4 Å². The van der Waals surface area contributed by atoms with Crippen molar-refractivity contribution in [1.82, 2.24) is 20.1 Å². The van der Waals surface area contributed by atoms with Gasteiger partial charge in [0.15, 0.2) is 0 Å². The van der Waals surface area contributed by atoms with Gasteiger partial charge in [-0.2, -0.15) is 0 Å². The number of likely N-dealkylation sites (tertiary alicyclic amines) is 1. The van der Waals surface area contributed by atoms with Crippen molar-refractivity contribution in [1.29, 1.82) is 0 Å². The normalized spacial score (nSPS) is 25.5. The number of para-hydroxylation sites is 1. The minimum atomic E-state index is -0.938. The van der Waals surface area contributed by atoms with E-state index in [4.69, 9.17) is 0 Å². The van der Waals surface area contributed by atoms with E-state index in [1.54, 1.807) is 6.92 Å². The second-order valence-corrected chi connectivity index (χ2v) is 7.61. The fraction of sp³-hybridized carbons (Fsp3) is 0.450. The summed E-state index contributed by atoms with van der Waals surface area (Å²) in [5.41, 5.74) is 0.187. The first-order valence-corrected chi connectivity index (χ1v) is 9.42. The van der Waals surface area contributed by atoms with Crippen LogP contribution in [-0.2, 0) is 16.1 Å². The number of nitrogens with one attached hydrogen (secondary N) is 2. The molecule has 2 aliphatic heterocycles. The lowest BCUT2D eigenvalue weighted by atomic mass is 9.80. The second-order valence-electron chi connectivity index (χ2n) is 7.61. The van der Waals surface area contributed by atoms with Crippen LogP contribution in [0.3, 0.4) is 0 Å². The van der Waals surface area contributed by atoms with E-state index in [-0.39, 0.29) is 17.7 Å². The van der Waals surface area contributed by atoms with Gasteiger partial charge in [0.05, 0.1) is 0 Å². The Morgan fingerprint density at radius 3 is 2.85 bits per heavy atom. The fourth-order valence-corrected chi connectivity index (χ4v) is 4.23. The molecule has 0 spiro atoms. The average Bonchev–Trinajstić information content (AvgIpc) is 3.20. The number of nitrogens with zero attached hydrogens (tertiary/aromatic N) is 2. The van der Waals surface area contributed by atoms with Crippen LogP contribution in [0.1, 0.15) is 26.2 Å². The summed E-state index contributed by atoms with van der Waals surface area (Å²) in [5.74, 6) is -0.287. The van der Waals surface area contributed by atoms with Crippen LogP contribution < -0.4 is 10.6 Å². The average molecular weight is 368 g/mol. The lowest BCUT2D eigenvalue weighted by molar-refractivity contribution is -0.136. The summed E-state index contributed by atoms with van der Waals surface area (Å²) in [6, 6.07) is 9.72. The van der Waals surface area contributed by atoms with Gasteiger partial charge >= 0.3 is 6.03 Å². The third-order valence-corrected chi connectivity index (χ3v) is 5.91. The standard InChI is InChI=1S/C20H24N4O3/c1-20(18(26)21-19(27)22-20)15-6-4-10-24(13-15)17(25)9-12-23-11-8-14-5-2-3-7-16(14)23/h2-3,5,7-8,11,15H,4,6,9-10,12-13H2,1H3,(H2,21,22,26,27)/t15-,20-/m0/s1. The molecule has 1 aromatic heterocycles. The molecule has 27 heavy (non-hydrogen) atoms. The Balaban J connectivity index is 1.40. The Kier molecular flexibility index (Phi) is 4.37. The van der Waals surface area contributed by atoms with Crippen LogP contribution in [0.25, 0.3) is 10.9 Å². The molecule has 4 rings (SSSR count). The monoisotopic (exact) mass is 368 g/mol. The molecular weight excluding hydrogens is 344 g/mol. The number of aromatic nitrogens is 1. The summed E-state index contributed by atoms with van der Waals surface area (Å²) in [7, 11) is 0. The Morgan fingerprint density at radius 1 is 1.26 bits per heavy atom. The summed E-state index contributed by atoms with van der Waals surface area (Å²) in [5, 5.41) is 6.22. The number of benzene rings is 1. The predicted octanol–water partition coefficient (Wildman–Crippen LogP) is 1.87. The van der Waals surface area contributed by atoms with Gasteiger partial charge in [0.1, 0.15) is 5.54 Å². The van der Waals surface area contributed by atoms with Crippen molar-refractivity contribution in [3.8, 4) is 0 Å². The van der Waals surface area contributed by atoms with Gasteiger partial charge in [0.25, 0.3) is 5.91 Å². The molecule has 0 aliphatic carbocycles. The van der Waals surface area contributed by atoms with Crippen molar-refractivity contribution in [3.63, 3.8) is 0 Å². The summed E-state index contributed by atoms with van der Waals surface area (Å²) in [6.45, 7) is 3.57. The molecule has 2 N–H and O–H groups in total. The highest BCUT2D eigenvalue weighted by atomic mass is 16.2. The third kappa shape index (κ3) is 3.18. The zero-order valence-electron chi connectivity index (χ0n) is 15.4. The molecule has 0 unspecified atom stereocenters. The molecule has 2 saturated heterocycles. The Morgan fingerprint density at radius 2 is 2.07 bits per heavy atom. The highest BCUT2D eigenvalue weighted by Gasteiger charge is 2.49. The Hall–Kier alpha value is -2.83. The molecule has 2 atom stereocenters. The number of rotatable bonds is 4. The molecule has 2 fully saturated rings. The maximum Gasteiger partial charge on any atom is 0.322 e. The number of carbonyl (C=O) groups is 3. The summed E-state index contributed by atoms with van der Waals surface area (Å²) >= 11 is 0. The van der Waals surface area contributed by atoms with Crippen LogP contribution in [0.2, 0.25) is 0 Å². The maximum absolute atomic E-state index is 12.8. The molecule has 2 aromatic rings. The quantitative estimate of drug-likeness (QED) is 0.808. The first kappa shape index (κ1) is 17.6. The van der Waals surface area contributed by atoms with Crippen molar-refractivity contribution in [2.75, 3.05) is 13.1 Å². The van der Waals surface area contributed by atoms with Gasteiger partial charge in [-0.1, -0.05) is 18.2 Å². The molecule has 142 valence electrons. The van der Waals surface area contributed by atoms with Crippen molar-refractivity contribution < 1.29 is 14.4 Å².